The van der Waals surface area contributed by atoms with Crippen molar-refractivity contribution in [3.05, 3.63) is 124 Å². The molecule has 10 heteroatoms. The summed E-state index contributed by atoms with van der Waals surface area (Å²) in [6.45, 7) is 7.60. The van der Waals surface area contributed by atoms with Crippen LogP contribution in [0.2, 0.25) is 0 Å². The van der Waals surface area contributed by atoms with Gasteiger partial charge in [-0.15, -0.1) is 0 Å². The van der Waals surface area contributed by atoms with E-state index in [4.69, 9.17) is 4.74 Å². The van der Waals surface area contributed by atoms with Crippen LogP contribution in [0.5, 0.6) is 0 Å². The summed E-state index contributed by atoms with van der Waals surface area (Å²) < 4.78 is 9.38. The van der Waals surface area contributed by atoms with Gasteiger partial charge >= 0.3 is 5.97 Å². The molecular weight excluding hydrogens is 516 g/mol. The lowest BCUT2D eigenvalue weighted by Gasteiger charge is -2.24. The number of benzene rings is 2. The Bertz CT molecular complexity index is 1810. The van der Waals surface area contributed by atoms with Crippen LogP contribution in [0.4, 0.5) is 5.69 Å². The standard InChI is InChI=1S/C29H26N4O5S/c1-5-38-28(35)25-18(3)30-29-32(26(25)20-9-7-6-8-10-20)27(34)24(39-29)16-21-15-17(2)31(19(21)4)22-11-13-23(14-12-22)33(36)37/h6-16,26H,5H2,1-4H3/b24-16-/t26-/m0/s1. The van der Waals surface area contributed by atoms with Gasteiger partial charge in [-0.25, -0.2) is 9.79 Å². The van der Waals surface area contributed by atoms with Crippen molar-refractivity contribution in [3.8, 4) is 5.69 Å². The molecule has 0 saturated heterocycles. The highest BCUT2D eigenvalue weighted by atomic mass is 32.1. The highest BCUT2D eigenvalue weighted by molar-refractivity contribution is 7.07. The number of carbonyl (C=O) groups is 1. The predicted octanol–water partition coefficient (Wildman–Crippen LogP) is 4.11. The molecule has 0 radical (unpaired) electrons. The Kier molecular flexibility index (Phi) is 6.88. The highest BCUT2D eigenvalue weighted by Gasteiger charge is 2.33. The number of non-ortho nitro benzene ring substituents is 1. The summed E-state index contributed by atoms with van der Waals surface area (Å²) in [5.74, 6) is -0.492. The number of nitro benzene ring substituents is 1. The summed E-state index contributed by atoms with van der Waals surface area (Å²) in [6.07, 6.45) is 1.83. The van der Waals surface area contributed by atoms with Gasteiger partial charge in [0.15, 0.2) is 4.80 Å². The second-order valence-electron chi connectivity index (χ2n) is 9.15. The van der Waals surface area contributed by atoms with Gasteiger partial charge in [-0.2, -0.15) is 0 Å². The molecule has 0 amide bonds. The first-order valence-corrected chi connectivity index (χ1v) is 13.2. The second kappa shape index (κ2) is 10.3. The molecular formula is C29H26N4O5S. The molecule has 198 valence electrons. The first-order valence-electron chi connectivity index (χ1n) is 12.4. The van der Waals surface area contributed by atoms with Gasteiger partial charge in [-0.05, 0) is 63.1 Å². The van der Waals surface area contributed by atoms with E-state index in [0.717, 1.165) is 28.2 Å². The largest absolute Gasteiger partial charge is 0.463 e. The van der Waals surface area contributed by atoms with E-state index in [9.17, 15) is 19.7 Å². The number of ether oxygens (including phenoxy) is 1. The van der Waals surface area contributed by atoms with Crippen molar-refractivity contribution in [2.45, 2.75) is 33.7 Å². The summed E-state index contributed by atoms with van der Waals surface area (Å²) in [5.41, 5.74) is 4.86. The third-order valence-corrected chi connectivity index (χ3v) is 7.69. The predicted molar refractivity (Wildman–Crippen MR) is 149 cm³/mol. The molecule has 9 nitrogen and oxygen atoms in total. The zero-order chi connectivity index (χ0) is 27.8. The van der Waals surface area contributed by atoms with Crippen molar-refractivity contribution >= 4 is 29.1 Å². The van der Waals surface area contributed by atoms with Gasteiger partial charge < -0.3 is 9.30 Å². The fourth-order valence-electron chi connectivity index (χ4n) is 4.94. The van der Waals surface area contributed by atoms with Crippen LogP contribution in [-0.2, 0) is 9.53 Å². The molecule has 2 aromatic heterocycles. The van der Waals surface area contributed by atoms with E-state index in [1.165, 1.54) is 23.5 Å². The molecule has 4 aromatic rings. The van der Waals surface area contributed by atoms with Gasteiger partial charge in [0.25, 0.3) is 11.2 Å². The number of hydrogen-bond donors (Lipinski definition) is 0. The molecule has 0 unspecified atom stereocenters. The molecule has 2 aromatic carbocycles. The summed E-state index contributed by atoms with van der Waals surface area (Å²) in [4.78, 5) is 42.6. The van der Waals surface area contributed by atoms with Gasteiger partial charge in [0.1, 0.15) is 0 Å². The highest BCUT2D eigenvalue weighted by Crippen LogP contribution is 2.30. The molecule has 0 fully saturated rings. The quantitative estimate of drug-likeness (QED) is 0.207. The van der Waals surface area contributed by atoms with Crippen molar-refractivity contribution < 1.29 is 14.5 Å². The van der Waals surface area contributed by atoms with E-state index in [1.807, 2.05) is 60.9 Å². The van der Waals surface area contributed by atoms with E-state index in [-0.39, 0.29) is 17.9 Å². The van der Waals surface area contributed by atoms with Crippen LogP contribution in [0.3, 0.4) is 0 Å². The Labute approximate surface area is 227 Å². The van der Waals surface area contributed by atoms with Crippen LogP contribution in [-0.4, -0.2) is 26.6 Å². The van der Waals surface area contributed by atoms with Crippen molar-refractivity contribution in [3.63, 3.8) is 0 Å². The number of allylic oxidation sites excluding steroid dienone is 1. The number of rotatable bonds is 6. The molecule has 1 aliphatic rings. The average Bonchev–Trinajstić information content (AvgIpc) is 3.37. The van der Waals surface area contributed by atoms with Crippen molar-refractivity contribution in [1.29, 1.82) is 0 Å². The Morgan fingerprint density at radius 2 is 1.82 bits per heavy atom. The van der Waals surface area contributed by atoms with E-state index >= 15 is 0 Å². The molecule has 1 atom stereocenters. The molecule has 0 bridgehead atoms. The van der Waals surface area contributed by atoms with Gasteiger partial charge in [0.2, 0.25) is 0 Å². The first kappa shape index (κ1) is 26.1. The van der Waals surface area contributed by atoms with Crippen molar-refractivity contribution in [2.24, 2.45) is 4.99 Å². The van der Waals surface area contributed by atoms with E-state index in [1.54, 1.807) is 30.5 Å². The Morgan fingerprint density at radius 1 is 1.13 bits per heavy atom. The number of carbonyl (C=O) groups excluding carboxylic acids is 1. The van der Waals surface area contributed by atoms with Crippen LogP contribution >= 0.6 is 11.3 Å². The zero-order valence-corrected chi connectivity index (χ0v) is 22.7. The van der Waals surface area contributed by atoms with Crippen LogP contribution < -0.4 is 14.9 Å². The third-order valence-electron chi connectivity index (χ3n) is 6.71. The van der Waals surface area contributed by atoms with Gasteiger partial charge in [-0.1, -0.05) is 41.7 Å². The number of thiazole rings is 1. The molecule has 39 heavy (non-hydrogen) atoms. The Morgan fingerprint density at radius 3 is 2.46 bits per heavy atom. The first-order chi connectivity index (χ1) is 18.7. The average molecular weight is 543 g/mol. The molecule has 1 aliphatic heterocycles. The maximum Gasteiger partial charge on any atom is 0.338 e. The van der Waals surface area contributed by atoms with Crippen molar-refractivity contribution in [2.75, 3.05) is 6.61 Å². The van der Waals surface area contributed by atoms with Gasteiger partial charge in [-0.3, -0.25) is 19.5 Å². The molecule has 0 aliphatic carbocycles. The summed E-state index contributed by atoms with van der Waals surface area (Å²) in [5, 5.41) is 11.1. The number of aryl methyl sites for hydroxylation is 1. The van der Waals surface area contributed by atoms with Crippen LogP contribution in [0.15, 0.2) is 81.7 Å². The molecule has 5 rings (SSSR count). The number of esters is 1. The number of aromatic nitrogens is 2. The smallest absolute Gasteiger partial charge is 0.338 e. The minimum atomic E-state index is -0.656. The van der Waals surface area contributed by atoms with E-state index in [0.29, 0.717) is 20.6 Å². The lowest BCUT2D eigenvalue weighted by atomic mass is 9.96. The van der Waals surface area contributed by atoms with Gasteiger partial charge in [0.05, 0.1) is 33.4 Å². The SMILES string of the molecule is CCOC(=O)C1=C(C)N=c2s/c(=C\c3cc(C)n(-c4ccc([N+](=O)[O-])cc4)c3C)c(=O)n2[C@H]1c1ccccc1. The third kappa shape index (κ3) is 4.63. The molecule has 0 spiro atoms. The fraction of sp³-hybridized carbons (Fsp3) is 0.207. The van der Waals surface area contributed by atoms with Crippen LogP contribution in [0, 0.1) is 24.0 Å². The molecule has 0 N–H and O–H groups in total. The Hall–Kier alpha value is -4.57. The van der Waals surface area contributed by atoms with Crippen molar-refractivity contribution in [1.82, 2.24) is 9.13 Å². The minimum Gasteiger partial charge on any atom is -0.463 e. The topological polar surface area (TPSA) is 109 Å². The van der Waals surface area contributed by atoms with E-state index < -0.39 is 16.9 Å². The number of nitrogens with zero attached hydrogens (tertiary/aromatic N) is 4. The fourth-order valence-corrected chi connectivity index (χ4v) is 5.98. The number of hydrogen-bond acceptors (Lipinski definition) is 7. The van der Waals surface area contributed by atoms with Gasteiger partial charge in [0, 0.05) is 29.2 Å². The monoisotopic (exact) mass is 542 g/mol. The normalized spacial score (nSPS) is 15.2. The second-order valence-corrected chi connectivity index (χ2v) is 10.2. The summed E-state index contributed by atoms with van der Waals surface area (Å²) in [6, 6.07) is 17.1. The maximum atomic E-state index is 13.8. The van der Waals surface area contributed by atoms with Crippen LogP contribution in [0.1, 0.15) is 42.4 Å². The van der Waals surface area contributed by atoms with Crippen LogP contribution in [0.25, 0.3) is 11.8 Å². The lowest BCUT2D eigenvalue weighted by molar-refractivity contribution is -0.384. The summed E-state index contributed by atoms with van der Waals surface area (Å²) in [7, 11) is 0. The lowest BCUT2D eigenvalue weighted by Crippen LogP contribution is -2.39. The maximum absolute atomic E-state index is 13.8. The summed E-state index contributed by atoms with van der Waals surface area (Å²) >= 11 is 1.27. The zero-order valence-electron chi connectivity index (χ0n) is 21.9. The Balaban J connectivity index is 1.65. The molecule has 0 saturated carbocycles. The molecule has 3 heterocycles. The van der Waals surface area contributed by atoms with E-state index in [2.05, 4.69) is 4.99 Å². The minimum absolute atomic E-state index is 0.0213. The number of nitro groups is 1. The number of fused-ring (bicyclic) bond motifs is 1.